The molecule has 2 amide bonds. The lowest BCUT2D eigenvalue weighted by atomic mass is 10.1. The second-order valence-electron chi connectivity index (χ2n) is 5.82. The van der Waals surface area contributed by atoms with Gasteiger partial charge in [-0.2, -0.15) is 0 Å². The molecule has 1 saturated carbocycles. The number of hydrogen-bond donors (Lipinski definition) is 2. The van der Waals surface area contributed by atoms with Crippen molar-refractivity contribution in [3.8, 4) is 0 Å². The summed E-state index contributed by atoms with van der Waals surface area (Å²) < 4.78 is 1.98. The first kappa shape index (κ1) is 14.6. The van der Waals surface area contributed by atoms with E-state index in [-0.39, 0.29) is 12.1 Å². The maximum absolute atomic E-state index is 12.3. The van der Waals surface area contributed by atoms with Gasteiger partial charge in [0.2, 0.25) is 0 Å². The smallest absolute Gasteiger partial charge is 0.319 e. The topological polar surface area (TPSA) is 59.0 Å². The third-order valence-corrected chi connectivity index (χ3v) is 4.04. The van der Waals surface area contributed by atoms with E-state index in [0.717, 1.165) is 18.7 Å². The number of carbonyl (C=O) groups is 1. The summed E-state index contributed by atoms with van der Waals surface area (Å²) in [5.41, 5.74) is 2.18. The summed E-state index contributed by atoms with van der Waals surface area (Å²) in [6.07, 6.45) is 8.74. The lowest BCUT2D eigenvalue weighted by molar-refractivity contribution is 0.246. The Morgan fingerprint density at radius 2 is 2.23 bits per heavy atom. The zero-order chi connectivity index (χ0) is 15.4. The molecule has 2 N–H and O–H groups in total. The van der Waals surface area contributed by atoms with Gasteiger partial charge >= 0.3 is 6.03 Å². The number of urea groups is 1. The van der Waals surface area contributed by atoms with Crippen molar-refractivity contribution in [2.24, 2.45) is 0 Å². The van der Waals surface area contributed by atoms with E-state index in [0.29, 0.717) is 5.92 Å². The first-order chi connectivity index (χ1) is 10.8. The molecule has 0 radical (unpaired) electrons. The first-order valence-corrected chi connectivity index (χ1v) is 7.88. The summed E-state index contributed by atoms with van der Waals surface area (Å²) >= 11 is 0. The van der Waals surface area contributed by atoms with Crippen molar-refractivity contribution in [1.29, 1.82) is 0 Å². The fourth-order valence-corrected chi connectivity index (χ4v) is 2.63. The minimum Gasteiger partial charge on any atom is -0.335 e. The zero-order valence-corrected chi connectivity index (χ0v) is 12.8. The molecule has 0 aliphatic heterocycles. The molecule has 1 aromatic carbocycles. The number of rotatable bonds is 6. The predicted molar refractivity (Wildman–Crippen MR) is 86.9 cm³/mol. The van der Waals surface area contributed by atoms with E-state index in [1.165, 1.54) is 18.4 Å². The third-order valence-electron chi connectivity index (χ3n) is 4.04. The van der Waals surface area contributed by atoms with Gasteiger partial charge in [0.1, 0.15) is 0 Å². The van der Waals surface area contributed by atoms with Crippen LogP contribution in [0.1, 0.15) is 37.7 Å². The quantitative estimate of drug-likeness (QED) is 0.859. The maximum Gasteiger partial charge on any atom is 0.319 e. The molecule has 1 unspecified atom stereocenters. The first-order valence-electron chi connectivity index (χ1n) is 7.88. The highest BCUT2D eigenvalue weighted by Crippen LogP contribution is 2.43. The standard InChI is InChI=1S/C17H22N4O/c1-2-14(11-21-10-9-18-12-21)19-17(22)20-16-6-4-3-5-15(16)13-7-8-13/h3-6,9-10,12-14H,2,7-8,11H2,1H3,(H2,19,20,22). The van der Waals surface area contributed by atoms with Gasteiger partial charge in [-0.15, -0.1) is 0 Å². The Morgan fingerprint density at radius 1 is 1.41 bits per heavy atom. The molecule has 5 heteroatoms. The van der Waals surface area contributed by atoms with E-state index < -0.39 is 0 Å². The van der Waals surface area contributed by atoms with E-state index in [2.05, 4.69) is 28.6 Å². The average molecular weight is 298 g/mol. The van der Waals surface area contributed by atoms with Gasteiger partial charge in [0.05, 0.1) is 6.33 Å². The minimum atomic E-state index is -0.139. The normalized spacial score (nSPS) is 15.3. The largest absolute Gasteiger partial charge is 0.335 e. The minimum absolute atomic E-state index is 0.0855. The molecule has 0 spiro atoms. The van der Waals surface area contributed by atoms with Crippen LogP contribution in [-0.4, -0.2) is 21.6 Å². The van der Waals surface area contributed by atoms with Crippen LogP contribution in [0.2, 0.25) is 0 Å². The second kappa shape index (κ2) is 6.64. The number of nitrogens with zero attached hydrogens (tertiary/aromatic N) is 2. The van der Waals surface area contributed by atoms with Crippen LogP contribution in [0, 0.1) is 0 Å². The van der Waals surface area contributed by atoms with Crippen molar-refractivity contribution in [1.82, 2.24) is 14.9 Å². The van der Waals surface area contributed by atoms with Gasteiger partial charge in [0.25, 0.3) is 0 Å². The summed E-state index contributed by atoms with van der Waals surface area (Å²) in [6.45, 7) is 2.80. The SMILES string of the molecule is CCC(Cn1ccnc1)NC(=O)Nc1ccccc1C1CC1. The van der Waals surface area contributed by atoms with Gasteiger partial charge in [0, 0.05) is 30.7 Å². The van der Waals surface area contributed by atoms with E-state index >= 15 is 0 Å². The van der Waals surface area contributed by atoms with Crippen LogP contribution in [0.4, 0.5) is 10.5 Å². The molecule has 2 aromatic rings. The summed E-state index contributed by atoms with van der Waals surface area (Å²) in [4.78, 5) is 16.3. The van der Waals surface area contributed by atoms with Crippen LogP contribution in [0.3, 0.4) is 0 Å². The highest BCUT2D eigenvalue weighted by molar-refractivity contribution is 5.90. The number of benzene rings is 1. The van der Waals surface area contributed by atoms with Gasteiger partial charge < -0.3 is 15.2 Å². The van der Waals surface area contributed by atoms with Gasteiger partial charge in [-0.1, -0.05) is 25.1 Å². The molecule has 5 nitrogen and oxygen atoms in total. The number of nitrogens with one attached hydrogen (secondary N) is 2. The molecule has 0 bridgehead atoms. The number of imidazole rings is 1. The lowest BCUT2D eigenvalue weighted by Gasteiger charge is -2.19. The number of carbonyl (C=O) groups excluding carboxylic acids is 1. The maximum atomic E-state index is 12.3. The summed E-state index contributed by atoms with van der Waals surface area (Å²) in [5, 5.41) is 6.04. The van der Waals surface area contributed by atoms with Gasteiger partial charge in [0.15, 0.2) is 0 Å². The molecule has 1 aliphatic carbocycles. The number of hydrogen-bond acceptors (Lipinski definition) is 2. The molecule has 22 heavy (non-hydrogen) atoms. The summed E-state index contributed by atoms with van der Waals surface area (Å²) in [7, 11) is 0. The van der Waals surface area contributed by atoms with Gasteiger partial charge in [-0.3, -0.25) is 0 Å². The van der Waals surface area contributed by atoms with E-state index in [1.807, 2.05) is 29.0 Å². The van der Waals surface area contributed by atoms with E-state index in [9.17, 15) is 4.79 Å². The van der Waals surface area contributed by atoms with Crippen molar-refractivity contribution in [2.45, 2.75) is 44.7 Å². The van der Waals surface area contributed by atoms with E-state index in [1.54, 1.807) is 12.5 Å². The Morgan fingerprint density at radius 3 is 2.91 bits per heavy atom. The fraction of sp³-hybridized carbons (Fsp3) is 0.412. The number of aromatic nitrogens is 2. The Hall–Kier alpha value is -2.30. The molecular weight excluding hydrogens is 276 g/mol. The summed E-state index contributed by atoms with van der Waals surface area (Å²) in [5.74, 6) is 0.615. The molecular formula is C17H22N4O. The second-order valence-corrected chi connectivity index (χ2v) is 5.82. The molecule has 3 rings (SSSR count). The molecule has 1 atom stereocenters. The predicted octanol–water partition coefficient (Wildman–Crippen LogP) is 3.36. The van der Waals surface area contributed by atoms with Crippen molar-refractivity contribution < 1.29 is 4.79 Å². The van der Waals surface area contributed by atoms with Crippen LogP contribution < -0.4 is 10.6 Å². The highest BCUT2D eigenvalue weighted by Gasteiger charge is 2.26. The molecule has 0 saturated heterocycles. The van der Waals surface area contributed by atoms with E-state index in [4.69, 9.17) is 0 Å². The molecule has 116 valence electrons. The van der Waals surface area contributed by atoms with Crippen LogP contribution in [0.25, 0.3) is 0 Å². The molecule has 1 heterocycles. The lowest BCUT2D eigenvalue weighted by Crippen LogP contribution is -2.40. The van der Waals surface area contributed by atoms with Crippen LogP contribution in [-0.2, 0) is 6.54 Å². The number of anilines is 1. The third kappa shape index (κ3) is 3.67. The Bertz CT molecular complexity index is 619. The highest BCUT2D eigenvalue weighted by atomic mass is 16.2. The molecule has 1 aliphatic rings. The van der Waals surface area contributed by atoms with Crippen molar-refractivity contribution in [3.05, 3.63) is 48.5 Å². The molecule has 1 aromatic heterocycles. The van der Waals surface area contributed by atoms with Crippen LogP contribution in [0.15, 0.2) is 43.0 Å². The van der Waals surface area contributed by atoms with Gasteiger partial charge in [-0.25, -0.2) is 9.78 Å². The molecule has 1 fully saturated rings. The van der Waals surface area contributed by atoms with Crippen molar-refractivity contribution in [3.63, 3.8) is 0 Å². The zero-order valence-electron chi connectivity index (χ0n) is 12.8. The van der Waals surface area contributed by atoms with Crippen LogP contribution in [0.5, 0.6) is 0 Å². The van der Waals surface area contributed by atoms with Crippen molar-refractivity contribution >= 4 is 11.7 Å². The Balaban J connectivity index is 1.59. The van der Waals surface area contributed by atoms with Crippen LogP contribution >= 0.6 is 0 Å². The van der Waals surface area contributed by atoms with Crippen molar-refractivity contribution in [2.75, 3.05) is 5.32 Å². The van der Waals surface area contributed by atoms with Gasteiger partial charge in [-0.05, 0) is 36.8 Å². The fourth-order valence-electron chi connectivity index (χ4n) is 2.63. The monoisotopic (exact) mass is 298 g/mol. The number of para-hydroxylation sites is 1. The Kier molecular flexibility index (Phi) is 4.42. The average Bonchev–Trinajstić information content (AvgIpc) is 3.24. The number of amides is 2. The summed E-state index contributed by atoms with van der Waals surface area (Å²) in [6, 6.07) is 8.03. The Labute approximate surface area is 130 Å².